The Balaban J connectivity index is 1.94. The van der Waals surface area contributed by atoms with Gasteiger partial charge in [-0.2, -0.15) is 5.10 Å². The molecule has 0 aliphatic carbocycles. The highest BCUT2D eigenvalue weighted by Crippen LogP contribution is 2.23. The van der Waals surface area contributed by atoms with Crippen molar-refractivity contribution in [3.05, 3.63) is 18.0 Å². The third kappa shape index (κ3) is 1.40. The van der Waals surface area contributed by atoms with Crippen molar-refractivity contribution >= 4 is 17.7 Å². The highest BCUT2D eigenvalue weighted by Gasteiger charge is 2.18. The van der Waals surface area contributed by atoms with Gasteiger partial charge in [-0.3, -0.25) is 10.0 Å². The molecule has 1 aromatic rings. The molecule has 0 aromatic carbocycles. The summed E-state index contributed by atoms with van der Waals surface area (Å²) < 4.78 is 0. The van der Waals surface area contributed by atoms with Gasteiger partial charge in [0.05, 0.1) is 17.8 Å². The smallest absolute Gasteiger partial charge is 0.132 e. The van der Waals surface area contributed by atoms with Crippen LogP contribution in [0.2, 0.25) is 0 Å². The fourth-order valence-corrected chi connectivity index (χ4v) is 1.91. The molecule has 0 bridgehead atoms. The number of hydrazone groups is 1. The summed E-state index contributed by atoms with van der Waals surface area (Å²) in [5.41, 5.74) is 2.23. The summed E-state index contributed by atoms with van der Waals surface area (Å²) in [6.07, 6.45) is 6.91. The van der Waals surface area contributed by atoms with Crippen LogP contribution in [-0.2, 0) is 0 Å². The Labute approximate surface area is 87.9 Å². The number of hydrogen-bond acceptors (Lipinski definition) is 4. The molecule has 78 valence electrons. The first-order valence-corrected chi connectivity index (χ1v) is 5.20. The number of amidine groups is 1. The predicted octanol–water partition coefficient (Wildman–Crippen LogP) is 0.560. The summed E-state index contributed by atoms with van der Waals surface area (Å²) in [6.45, 7) is 2.75. The molecule has 0 saturated carbocycles. The third-order valence-electron chi connectivity index (χ3n) is 2.62. The first-order valence-electron chi connectivity index (χ1n) is 5.20. The van der Waals surface area contributed by atoms with E-state index < -0.39 is 0 Å². The van der Waals surface area contributed by atoms with E-state index in [1.807, 2.05) is 23.6 Å². The SMILES string of the molecule is C1=NN(c2c[nH]cc2C2=NCCN2)CC1. The van der Waals surface area contributed by atoms with Gasteiger partial charge in [0.2, 0.25) is 0 Å². The Morgan fingerprint density at radius 2 is 2.33 bits per heavy atom. The molecule has 2 aliphatic heterocycles. The minimum Gasteiger partial charge on any atom is -0.368 e. The Morgan fingerprint density at radius 3 is 3.07 bits per heavy atom. The van der Waals surface area contributed by atoms with E-state index in [4.69, 9.17) is 0 Å². The predicted molar refractivity (Wildman–Crippen MR) is 60.7 cm³/mol. The number of nitrogens with one attached hydrogen (secondary N) is 2. The molecule has 1 aromatic heterocycles. The minimum atomic E-state index is 0.864. The summed E-state index contributed by atoms with van der Waals surface area (Å²) in [5, 5.41) is 9.60. The van der Waals surface area contributed by atoms with Crippen LogP contribution in [0.25, 0.3) is 0 Å². The summed E-state index contributed by atoms with van der Waals surface area (Å²) in [5.74, 6) is 0.980. The van der Waals surface area contributed by atoms with E-state index in [1.165, 1.54) is 0 Å². The van der Waals surface area contributed by atoms with Crippen LogP contribution in [0.4, 0.5) is 5.69 Å². The van der Waals surface area contributed by atoms with Crippen LogP contribution in [0.1, 0.15) is 12.0 Å². The monoisotopic (exact) mass is 203 g/mol. The molecule has 3 rings (SSSR count). The van der Waals surface area contributed by atoms with Gasteiger partial charge in [-0.05, 0) is 0 Å². The third-order valence-corrected chi connectivity index (χ3v) is 2.62. The first kappa shape index (κ1) is 8.52. The summed E-state index contributed by atoms with van der Waals surface area (Å²) >= 11 is 0. The van der Waals surface area contributed by atoms with Crippen molar-refractivity contribution in [3.8, 4) is 0 Å². The molecular weight excluding hydrogens is 190 g/mol. The molecule has 0 unspecified atom stereocenters. The van der Waals surface area contributed by atoms with E-state index in [-0.39, 0.29) is 0 Å². The number of rotatable bonds is 2. The van der Waals surface area contributed by atoms with Gasteiger partial charge >= 0.3 is 0 Å². The Kier molecular flexibility index (Phi) is 1.94. The molecular formula is C10H13N5. The number of H-pyrrole nitrogens is 1. The standard InChI is InChI=1S/C10H13N5/c1-2-14-15(5-1)9-7-11-6-8(9)10-12-3-4-13-10/h2,6-7,11H,1,3-5H2,(H,12,13). The second kappa shape index (κ2) is 3.42. The molecule has 2 N–H and O–H groups in total. The van der Waals surface area contributed by atoms with Crippen molar-refractivity contribution in [2.75, 3.05) is 24.6 Å². The van der Waals surface area contributed by atoms with Crippen LogP contribution in [0, 0.1) is 0 Å². The largest absolute Gasteiger partial charge is 0.368 e. The lowest BCUT2D eigenvalue weighted by Gasteiger charge is -2.14. The second-order valence-electron chi connectivity index (χ2n) is 3.62. The molecule has 0 radical (unpaired) electrons. The summed E-state index contributed by atoms with van der Waals surface area (Å²) in [6, 6.07) is 0. The van der Waals surface area contributed by atoms with Crippen molar-refractivity contribution < 1.29 is 0 Å². The van der Waals surface area contributed by atoms with Gasteiger partial charge in [-0.15, -0.1) is 0 Å². The van der Waals surface area contributed by atoms with Gasteiger partial charge in [0, 0.05) is 38.1 Å². The van der Waals surface area contributed by atoms with Gasteiger partial charge in [-0.25, -0.2) is 0 Å². The number of aromatic amines is 1. The molecule has 0 fully saturated rings. The molecule has 5 heteroatoms. The quantitative estimate of drug-likeness (QED) is 0.738. The molecule has 15 heavy (non-hydrogen) atoms. The van der Waals surface area contributed by atoms with Gasteiger partial charge < -0.3 is 10.3 Å². The number of nitrogens with zero attached hydrogens (tertiary/aromatic N) is 3. The maximum Gasteiger partial charge on any atom is 0.132 e. The van der Waals surface area contributed by atoms with Gasteiger partial charge in [0.25, 0.3) is 0 Å². The number of aromatic nitrogens is 1. The van der Waals surface area contributed by atoms with Crippen LogP contribution in [0.15, 0.2) is 22.5 Å². The zero-order chi connectivity index (χ0) is 10.1. The van der Waals surface area contributed by atoms with E-state index in [9.17, 15) is 0 Å². The molecule has 5 nitrogen and oxygen atoms in total. The van der Waals surface area contributed by atoms with E-state index in [0.29, 0.717) is 0 Å². The fraction of sp³-hybridized carbons (Fsp3) is 0.400. The number of aliphatic imine (C=N–C) groups is 1. The lowest BCUT2D eigenvalue weighted by atomic mass is 10.2. The zero-order valence-electron chi connectivity index (χ0n) is 8.40. The molecule has 0 spiro atoms. The number of anilines is 1. The summed E-state index contributed by atoms with van der Waals surface area (Å²) in [4.78, 5) is 7.53. The van der Waals surface area contributed by atoms with Crippen LogP contribution in [-0.4, -0.2) is 36.7 Å². The zero-order valence-corrected chi connectivity index (χ0v) is 8.40. The van der Waals surface area contributed by atoms with Crippen LogP contribution >= 0.6 is 0 Å². The second-order valence-corrected chi connectivity index (χ2v) is 3.62. The van der Waals surface area contributed by atoms with Crippen molar-refractivity contribution in [1.82, 2.24) is 10.3 Å². The van der Waals surface area contributed by atoms with E-state index in [1.54, 1.807) is 0 Å². The van der Waals surface area contributed by atoms with Crippen molar-refractivity contribution in [2.24, 2.45) is 10.1 Å². The lowest BCUT2D eigenvalue weighted by Crippen LogP contribution is -2.22. The molecule has 3 heterocycles. The molecule has 0 amide bonds. The highest BCUT2D eigenvalue weighted by molar-refractivity contribution is 6.04. The topological polar surface area (TPSA) is 55.8 Å². The average Bonchev–Trinajstić information content (AvgIpc) is 3.01. The Hall–Kier alpha value is -1.78. The van der Waals surface area contributed by atoms with E-state index in [2.05, 4.69) is 20.4 Å². The first-order chi connectivity index (χ1) is 7.45. The molecule has 2 aliphatic rings. The normalized spacial score (nSPS) is 19.5. The van der Waals surface area contributed by atoms with Crippen molar-refractivity contribution in [2.45, 2.75) is 6.42 Å². The van der Waals surface area contributed by atoms with Gasteiger partial charge in [0.15, 0.2) is 0 Å². The summed E-state index contributed by atoms with van der Waals surface area (Å²) in [7, 11) is 0. The molecule has 0 saturated heterocycles. The maximum atomic E-state index is 4.42. The van der Waals surface area contributed by atoms with Gasteiger partial charge in [-0.1, -0.05) is 0 Å². The van der Waals surface area contributed by atoms with E-state index >= 15 is 0 Å². The fourth-order valence-electron chi connectivity index (χ4n) is 1.91. The van der Waals surface area contributed by atoms with Crippen LogP contribution in [0.5, 0.6) is 0 Å². The number of hydrogen-bond donors (Lipinski definition) is 2. The minimum absolute atomic E-state index is 0.864. The van der Waals surface area contributed by atoms with Crippen LogP contribution in [0.3, 0.4) is 0 Å². The highest BCUT2D eigenvalue weighted by atomic mass is 15.5. The van der Waals surface area contributed by atoms with E-state index in [0.717, 1.165) is 43.1 Å². The van der Waals surface area contributed by atoms with Gasteiger partial charge in [0.1, 0.15) is 5.84 Å². The molecule has 0 atom stereocenters. The van der Waals surface area contributed by atoms with Crippen LogP contribution < -0.4 is 10.3 Å². The Bertz CT molecular complexity index is 417. The lowest BCUT2D eigenvalue weighted by molar-refractivity contribution is 0.920. The maximum absolute atomic E-state index is 4.42. The Morgan fingerprint density at radius 1 is 1.33 bits per heavy atom. The van der Waals surface area contributed by atoms with Crippen molar-refractivity contribution in [1.29, 1.82) is 0 Å². The average molecular weight is 203 g/mol. The van der Waals surface area contributed by atoms with Crippen molar-refractivity contribution in [3.63, 3.8) is 0 Å².